The maximum absolute atomic E-state index is 14.6. The first-order valence-electron chi connectivity index (χ1n) is 11.1. The van der Waals surface area contributed by atoms with Crippen molar-refractivity contribution in [2.45, 2.75) is 67.9 Å². The van der Waals surface area contributed by atoms with Crippen LogP contribution in [0.3, 0.4) is 0 Å². The fourth-order valence-corrected chi connectivity index (χ4v) is 8.36. The molecule has 3 atom stereocenters. The van der Waals surface area contributed by atoms with E-state index in [0.29, 0.717) is 22.4 Å². The Kier molecular flexibility index (Phi) is 7.09. The van der Waals surface area contributed by atoms with E-state index >= 15 is 0 Å². The number of fused-ring (bicyclic) bond motifs is 1. The van der Waals surface area contributed by atoms with Crippen LogP contribution in [0.5, 0.6) is 0 Å². The summed E-state index contributed by atoms with van der Waals surface area (Å²) < 4.78 is 63.0. The van der Waals surface area contributed by atoms with E-state index in [1.165, 1.54) is 13.8 Å². The lowest BCUT2D eigenvalue weighted by Gasteiger charge is -2.23. The van der Waals surface area contributed by atoms with Gasteiger partial charge in [0.05, 0.1) is 22.6 Å². The highest BCUT2D eigenvalue weighted by Crippen LogP contribution is 2.38. The van der Waals surface area contributed by atoms with E-state index in [1.54, 1.807) is 19.9 Å². The highest BCUT2D eigenvalue weighted by Gasteiger charge is 2.39. The van der Waals surface area contributed by atoms with E-state index in [4.69, 9.17) is 4.18 Å². The van der Waals surface area contributed by atoms with Gasteiger partial charge in [-0.1, -0.05) is 42.0 Å². The molecular weight excluding hydrogens is 509 g/mol. The van der Waals surface area contributed by atoms with Crippen LogP contribution in [0.1, 0.15) is 52.6 Å². The van der Waals surface area contributed by atoms with Crippen LogP contribution >= 0.6 is 11.3 Å². The highest BCUT2D eigenvalue weighted by atomic mass is 32.2. The molecule has 0 saturated carbocycles. The molecule has 1 aromatic heterocycles. The van der Waals surface area contributed by atoms with Crippen LogP contribution in [-0.4, -0.2) is 23.8 Å². The molecule has 2 N–H and O–H groups in total. The molecule has 6 nitrogen and oxygen atoms in total. The molecule has 1 heterocycles. The maximum Gasteiger partial charge on any atom is 0.241 e. The van der Waals surface area contributed by atoms with Gasteiger partial charge in [-0.25, -0.2) is 21.7 Å². The van der Waals surface area contributed by atoms with Gasteiger partial charge in [0, 0.05) is 11.3 Å². The predicted molar refractivity (Wildman–Crippen MR) is 135 cm³/mol. The molecule has 0 fully saturated rings. The second kappa shape index (κ2) is 9.49. The number of benzene rings is 2. The number of halogens is 1. The minimum atomic E-state index is -3.95. The summed E-state index contributed by atoms with van der Waals surface area (Å²) in [5.41, 5.74) is 2.52. The zero-order valence-electron chi connectivity index (χ0n) is 20.1. The fourth-order valence-electron chi connectivity index (χ4n) is 4.53. The van der Waals surface area contributed by atoms with Crippen molar-refractivity contribution in [1.82, 2.24) is 4.72 Å². The predicted octanol–water partition coefficient (Wildman–Crippen LogP) is 4.72. The number of nitrogens with one attached hydrogen (secondary N) is 1. The Balaban J connectivity index is 1.66. The van der Waals surface area contributed by atoms with Crippen molar-refractivity contribution in [2.75, 3.05) is 0 Å². The Bertz CT molecular complexity index is 1390. The van der Waals surface area contributed by atoms with E-state index in [0.717, 1.165) is 34.1 Å². The molecule has 10 heteroatoms. The summed E-state index contributed by atoms with van der Waals surface area (Å²) in [6, 6.07) is 11.3. The molecule has 0 spiro atoms. The Labute approximate surface area is 211 Å². The molecule has 1 aliphatic rings. The van der Waals surface area contributed by atoms with Gasteiger partial charge >= 0.3 is 0 Å². The smallest absolute Gasteiger partial charge is 0.241 e. The maximum atomic E-state index is 14.6. The van der Waals surface area contributed by atoms with Crippen molar-refractivity contribution in [1.29, 1.82) is 0 Å². The van der Waals surface area contributed by atoms with Gasteiger partial charge in [-0.2, -0.15) is 0 Å². The Morgan fingerprint density at radius 1 is 1.14 bits per heavy atom. The number of thiophene rings is 1. The number of hydrogen-bond donors (Lipinski definition) is 2. The lowest BCUT2D eigenvalue weighted by Crippen LogP contribution is -2.36. The summed E-state index contributed by atoms with van der Waals surface area (Å²) in [7, 11) is -3.95. The quantitative estimate of drug-likeness (QED) is 0.455. The fraction of sp³-hybridized carbons (Fsp3) is 0.360. The average molecular weight is 538 g/mol. The topological polar surface area (TPSA) is 92.7 Å². The lowest BCUT2D eigenvalue weighted by molar-refractivity contribution is 0.0823. The Hall–Kier alpha value is -1.95. The SMILES string of the molecule is Cc1cc(C)c(S(=O)(=O)N[C@H]2c3ccccc3C[C@H]2O[S@](=O)c2sc(C(C)(C)O)cc2F)c(C)c1. The monoisotopic (exact) mass is 537 g/mol. The second-order valence-electron chi connectivity index (χ2n) is 9.40. The van der Waals surface area contributed by atoms with Gasteiger partial charge in [0.1, 0.15) is 0 Å². The number of hydrogen-bond acceptors (Lipinski definition) is 6. The summed E-state index contributed by atoms with van der Waals surface area (Å²) in [5.74, 6) is -0.732. The van der Waals surface area contributed by atoms with Gasteiger partial charge < -0.3 is 5.11 Å². The van der Waals surface area contributed by atoms with E-state index in [9.17, 15) is 22.1 Å². The summed E-state index contributed by atoms with van der Waals surface area (Å²) in [4.78, 5) is 0.519. The third-order valence-electron chi connectivity index (χ3n) is 5.96. The molecule has 0 bridgehead atoms. The van der Waals surface area contributed by atoms with Gasteiger partial charge in [0.25, 0.3) is 0 Å². The van der Waals surface area contributed by atoms with Gasteiger partial charge in [0.15, 0.2) is 10.0 Å². The molecule has 0 radical (unpaired) electrons. The Morgan fingerprint density at radius 3 is 2.37 bits per heavy atom. The van der Waals surface area contributed by atoms with E-state index in [-0.39, 0.29) is 9.10 Å². The molecule has 4 rings (SSSR count). The molecule has 188 valence electrons. The van der Waals surface area contributed by atoms with Crippen molar-refractivity contribution in [3.63, 3.8) is 0 Å². The van der Waals surface area contributed by atoms with Crippen LogP contribution in [0, 0.1) is 26.6 Å². The number of aryl methyl sites for hydroxylation is 3. The van der Waals surface area contributed by atoms with Crippen LogP contribution in [0.4, 0.5) is 4.39 Å². The summed E-state index contributed by atoms with van der Waals surface area (Å²) in [5, 5.41) is 10.2. The molecule has 0 amide bonds. The first kappa shape index (κ1) is 26.1. The summed E-state index contributed by atoms with van der Waals surface area (Å²) >= 11 is -1.33. The van der Waals surface area contributed by atoms with Crippen LogP contribution in [0.25, 0.3) is 0 Å². The lowest BCUT2D eigenvalue weighted by atomic mass is 10.1. The van der Waals surface area contributed by atoms with Crippen molar-refractivity contribution in [2.24, 2.45) is 0 Å². The first-order chi connectivity index (χ1) is 16.3. The van der Waals surface area contributed by atoms with Crippen LogP contribution in [-0.2, 0) is 37.3 Å². The molecule has 0 aliphatic heterocycles. The summed E-state index contributed by atoms with van der Waals surface area (Å²) in [6.45, 7) is 8.43. The largest absolute Gasteiger partial charge is 0.385 e. The normalized spacial score (nSPS) is 19.1. The molecular formula is C25H28FNO5S3. The minimum Gasteiger partial charge on any atom is -0.385 e. The molecule has 0 unspecified atom stereocenters. The van der Waals surface area contributed by atoms with Crippen molar-refractivity contribution >= 4 is 32.4 Å². The second-order valence-corrected chi connectivity index (χ2v) is 13.4. The number of sulfonamides is 1. The third kappa shape index (κ3) is 5.28. The van der Waals surface area contributed by atoms with E-state index in [1.807, 2.05) is 37.3 Å². The number of rotatable bonds is 7. The summed E-state index contributed by atoms with van der Waals surface area (Å²) in [6.07, 6.45) is -0.507. The standard InChI is InChI=1S/C25H28FNO5S3/c1-14-10-15(2)23(16(3)11-14)35(30,31)27-22-18-9-7-6-8-17(18)12-20(22)32-34(29)24-19(26)13-21(33-24)25(4,5)28/h6-11,13,20,22,27-28H,12H2,1-5H3/t20-,22+,34+/m1/s1. The third-order valence-corrected chi connectivity index (χ3v) is 10.5. The molecule has 2 aromatic carbocycles. The van der Waals surface area contributed by atoms with Crippen LogP contribution in [0.15, 0.2) is 51.6 Å². The Morgan fingerprint density at radius 2 is 1.77 bits per heavy atom. The average Bonchev–Trinajstić information content (AvgIpc) is 3.27. The van der Waals surface area contributed by atoms with Gasteiger partial charge in [-0.05, 0) is 62.9 Å². The van der Waals surface area contributed by atoms with Crippen LogP contribution < -0.4 is 4.72 Å². The minimum absolute atomic E-state index is 0.148. The zero-order valence-corrected chi connectivity index (χ0v) is 22.5. The molecule has 0 saturated heterocycles. The van der Waals surface area contributed by atoms with Gasteiger partial charge in [-0.15, -0.1) is 11.3 Å². The van der Waals surface area contributed by atoms with E-state index in [2.05, 4.69) is 4.72 Å². The van der Waals surface area contributed by atoms with Crippen LogP contribution in [0.2, 0.25) is 0 Å². The van der Waals surface area contributed by atoms with Gasteiger partial charge in [-0.3, -0.25) is 4.18 Å². The molecule has 1 aliphatic carbocycles. The molecule has 35 heavy (non-hydrogen) atoms. The van der Waals surface area contributed by atoms with Gasteiger partial charge in [0.2, 0.25) is 21.1 Å². The van der Waals surface area contributed by atoms with Crippen molar-refractivity contribution in [3.05, 3.63) is 81.0 Å². The first-order valence-corrected chi connectivity index (χ1v) is 14.4. The van der Waals surface area contributed by atoms with Crippen molar-refractivity contribution < 1.29 is 26.3 Å². The van der Waals surface area contributed by atoms with E-state index < -0.39 is 44.7 Å². The zero-order chi connectivity index (χ0) is 25.7. The highest BCUT2D eigenvalue weighted by molar-refractivity contribution is 7.89. The number of aliphatic hydroxyl groups is 1. The molecule has 3 aromatic rings. The van der Waals surface area contributed by atoms with Crippen molar-refractivity contribution in [3.8, 4) is 0 Å².